The quantitative estimate of drug-likeness (QED) is 0.785. The standard InChI is InChI=1S/C17H20N6/c1-22(2)17-16(18-9-10-19-17)20-11-14-12-23(3)21-15(14)13-7-5-4-6-8-13/h4-10,12H,11H2,1-3H3,(H,18,20). The minimum absolute atomic E-state index is 0.637. The zero-order chi connectivity index (χ0) is 16.2. The maximum Gasteiger partial charge on any atom is 0.171 e. The van der Waals surface area contributed by atoms with Gasteiger partial charge in [0, 0.05) is 57.4 Å². The Balaban J connectivity index is 1.85. The molecule has 0 saturated heterocycles. The smallest absolute Gasteiger partial charge is 0.171 e. The third-order valence-corrected chi connectivity index (χ3v) is 3.50. The lowest BCUT2D eigenvalue weighted by molar-refractivity contribution is 0.770. The second-order valence-corrected chi connectivity index (χ2v) is 5.52. The van der Waals surface area contributed by atoms with Crippen molar-refractivity contribution < 1.29 is 0 Å². The van der Waals surface area contributed by atoms with Crippen LogP contribution in [0.5, 0.6) is 0 Å². The summed E-state index contributed by atoms with van der Waals surface area (Å²) in [6.45, 7) is 0.637. The Labute approximate surface area is 135 Å². The predicted octanol–water partition coefficient (Wildman–Crippen LogP) is 2.56. The van der Waals surface area contributed by atoms with E-state index in [4.69, 9.17) is 0 Å². The van der Waals surface area contributed by atoms with Crippen LogP contribution in [0, 0.1) is 0 Å². The summed E-state index contributed by atoms with van der Waals surface area (Å²) in [7, 11) is 5.84. The van der Waals surface area contributed by atoms with Gasteiger partial charge >= 0.3 is 0 Å². The molecule has 1 N–H and O–H groups in total. The number of hydrogen-bond donors (Lipinski definition) is 1. The monoisotopic (exact) mass is 308 g/mol. The third-order valence-electron chi connectivity index (χ3n) is 3.50. The summed E-state index contributed by atoms with van der Waals surface area (Å²) < 4.78 is 1.84. The van der Waals surface area contributed by atoms with Crippen molar-refractivity contribution in [3.05, 3.63) is 54.5 Å². The molecule has 0 amide bonds. The van der Waals surface area contributed by atoms with E-state index in [0.717, 1.165) is 28.5 Å². The summed E-state index contributed by atoms with van der Waals surface area (Å²) in [6, 6.07) is 10.2. The van der Waals surface area contributed by atoms with Crippen LogP contribution in [-0.4, -0.2) is 33.8 Å². The Morgan fingerprint density at radius 1 is 1.09 bits per heavy atom. The van der Waals surface area contributed by atoms with E-state index in [9.17, 15) is 0 Å². The Bertz CT molecular complexity index is 779. The third kappa shape index (κ3) is 3.31. The first-order chi connectivity index (χ1) is 11.1. The summed E-state index contributed by atoms with van der Waals surface area (Å²) in [4.78, 5) is 10.7. The van der Waals surface area contributed by atoms with Crippen molar-refractivity contribution in [2.24, 2.45) is 7.05 Å². The highest BCUT2D eigenvalue weighted by Gasteiger charge is 2.12. The van der Waals surface area contributed by atoms with Gasteiger partial charge in [0.15, 0.2) is 11.6 Å². The Kier molecular flexibility index (Phi) is 4.23. The molecule has 0 spiro atoms. The highest BCUT2D eigenvalue weighted by atomic mass is 15.3. The van der Waals surface area contributed by atoms with Crippen LogP contribution in [0.2, 0.25) is 0 Å². The molecule has 23 heavy (non-hydrogen) atoms. The van der Waals surface area contributed by atoms with Gasteiger partial charge < -0.3 is 10.2 Å². The zero-order valence-electron chi connectivity index (χ0n) is 13.6. The van der Waals surface area contributed by atoms with Gasteiger partial charge in [-0.1, -0.05) is 30.3 Å². The van der Waals surface area contributed by atoms with Crippen LogP contribution in [0.1, 0.15) is 5.56 Å². The van der Waals surface area contributed by atoms with E-state index < -0.39 is 0 Å². The van der Waals surface area contributed by atoms with Gasteiger partial charge in [0.05, 0.1) is 5.69 Å². The van der Waals surface area contributed by atoms with Crippen molar-refractivity contribution in [3.63, 3.8) is 0 Å². The first-order valence-corrected chi connectivity index (χ1v) is 7.45. The second-order valence-electron chi connectivity index (χ2n) is 5.52. The molecule has 0 fully saturated rings. The Morgan fingerprint density at radius 2 is 1.83 bits per heavy atom. The molecule has 6 nitrogen and oxygen atoms in total. The van der Waals surface area contributed by atoms with E-state index in [1.807, 2.05) is 55.1 Å². The van der Waals surface area contributed by atoms with Crippen LogP contribution in [0.3, 0.4) is 0 Å². The molecule has 2 aromatic heterocycles. The number of benzene rings is 1. The maximum atomic E-state index is 4.58. The highest BCUT2D eigenvalue weighted by Crippen LogP contribution is 2.24. The first-order valence-electron chi connectivity index (χ1n) is 7.45. The molecule has 0 aliphatic heterocycles. The zero-order valence-corrected chi connectivity index (χ0v) is 13.6. The first kappa shape index (κ1) is 15.0. The van der Waals surface area contributed by atoms with Crippen LogP contribution in [0.4, 0.5) is 11.6 Å². The minimum Gasteiger partial charge on any atom is -0.363 e. The van der Waals surface area contributed by atoms with E-state index in [-0.39, 0.29) is 0 Å². The van der Waals surface area contributed by atoms with E-state index in [1.165, 1.54) is 0 Å². The lowest BCUT2D eigenvalue weighted by Gasteiger charge is -2.15. The van der Waals surface area contributed by atoms with E-state index in [1.54, 1.807) is 12.4 Å². The molecule has 3 aromatic rings. The molecule has 0 bridgehead atoms. The van der Waals surface area contributed by atoms with Crippen molar-refractivity contribution in [1.82, 2.24) is 19.7 Å². The predicted molar refractivity (Wildman–Crippen MR) is 92.3 cm³/mol. The maximum absolute atomic E-state index is 4.58. The molecule has 3 rings (SSSR count). The van der Waals surface area contributed by atoms with E-state index >= 15 is 0 Å². The number of nitrogens with zero attached hydrogens (tertiary/aromatic N) is 5. The number of aromatic nitrogens is 4. The molecule has 0 aliphatic rings. The van der Waals surface area contributed by atoms with Gasteiger partial charge in [0.2, 0.25) is 0 Å². The SMILES string of the molecule is CN(C)c1nccnc1NCc1cn(C)nc1-c1ccccc1. The van der Waals surface area contributed by atoms with Crippen LogP contribution in [0.15, 0.2) is 48.9 Å². The molecule has 0 radical (unpaired) electrons. The lowest BCUT2D eigenvalue weighted by atomic mass is 10.1. The van der Waals surface area contributed by atoms with Crippen LogP contribution in [0.25, 0.3) is 11.3 Å². The Hall–Kier alpha value is -2.89. The van der Waals surface area contributed by atoms with E-state index in [0.29, 0.717) is 6.54 Å². The normalized spacial score (nSPS) is 10.6. The number of nitrogens with one attached hydrogen (secondary N) is 1. The molecule has 2 heterocycles. The summed E-state index contributed by atoms with van der Waals surface area (Å²) >= 11 is 0. The van der Waals surface area contributed by atoms with Crippen molar-refractivity contribution in [2.45, 2.75) is 6.54 Å². The number of aryl methyl sites for hydroxylation is 1. The van der Waals surface area contributed by atoms with Crippen molar-refractivity contribution in [1.29, 1.82) is 0 Å². The fourth-order valence-corrected chi connectivity index (χ4v) is 2.47. The molecule has 6 heteroatoms. The van der Waals surface area contributed by atoms with Gasteiger partial charge in [0.1, 0.15) is 0 Å². The fraction of sp³-hybridized carbons (Fsp3) is 0.235. The van der Waals surface area contributed by atoms with Crippen LogP contribution >= 0.6 is 0 Å². The molecule has 0 saturated carbocycles. The van der Waals surface area contributed by atoms with Gasteiger partial charge in [-0.2, -0.15) is 5.10 Å². The molecular weight excluding hydrogens is 288 g/mol. The summed E-state index contributed by atoms with van der Waals surface area (Å²) in [5.74, 6) is 1.58. The topological polar surface area (TPSA) is 58.9 Å². The molecule has 0 aliphatic carbocycles. The number of rotatable bonds is 5. The summed E-state index contributed by atoms with van der Waals surface area (Å²) in [5.41, 5.74) is 3.21. The highest BCUT2D eigenvalue weighted by molar-refractivity contribution is 5.64. The van der Waals surface area contributed by atoms with Crippen molar-refractivity contribution >= 4 is 11.6 Å². The van der Waals surface area contributed by atoms with Crippen LogP contribution < -0.4 is 10.2 Å². The van der Waals surface area contributed by atoms with Crippen molar-refractivity contribution in [3.8, 4) is 11.3 Å². The summed E-state index contributed by atoms with van der Waals surface area (Å²) in [6.07, 6.45) is 5.41. The fourth-order valence-electron chi connectivity index (χ4n) is 2.47. The molecule has 1 aromatic carbocycles. The van der Waals surface area contributed by atoms with Gasteiger partial charge in [-0.15, -0.1) is 0 Å². The van der Waals surface area contributed by atoms with Gasteiger partial charge in [-0.3, -0.25) is 4.68 Å². The summed E-state index contributed by atoms with van der Waals surface area (Å²) in [5, 5.41) is 7.95. The van der Waals surface area contributed by atoms with Gasteiger partial charge in [0.25, 0.3) is 0 Å². The van der Waals surface area contributed by atoms with Crippen LogP contribution in [-0.2, 0) is 13.6 Å². The second kappa shape index (κ2) is 6.48. The number of hydrogen-bond acceptors (Lipinski definition) is 5. The average molecular weight is 308 g/mol. The van der Waals surface area contributed by atoms with Crippen molar-refractivity contribution in [2.75, 3.05) is 24.3 Å². The molecular formula is C17H20N6. The Morgan fingerprint density at radius 3 is 2.57 bits per heavy atom. The molecule has 0 unspecified atom stereocenters. The minimum atomic E-state index is 0.637. The lowest BCUT2D eigenvalue weighted by Crippen LogP contribution is -2.15. The number of anilines is 2. The average Bonchev–Trinajstić information content (AvgIpc) is 2.95. The van der Waals surface area contributed by atoms with Gasteiger partial charge in [-0.25, -0.2) is 9.97 Å². The largest absolute Gasteiger partial charge is 0.363 e. The van der Waals surface area contributed by atoms with Gasteiger partial charge in [-0.05, 0) is 0 Å². The molecule has 118 valence electrons. The molecule has 0 atom stereocenters. The van der Waals surface area contributed by atoms with E-state index in [2.05, 4.69) is 32.5 Å².